The SMILES string of the molecule is C=C/C(=C\N=C(/C)CCC(F)(F)F)C1=NN(CC2=CC(CCC)=NC2)C(=C)C=C1. The Hall–Kier alpha value is -2.70. The molecule has 0 N–H and O–H groups in total. The van der Waals surface area contributed by atoms with E-state index in [9.17, 15) is 13.2 Å². The lowest BCUT2D eigenvalue weighted by molar-refractivity contribution is -0.132. The zero-order chi connectivity index (χ0) is 21.4. The summed E-state index contributed by atoms with van der Waals surface area (Å²) in [6.07, 6.45) is 5.68. The molecule has 0 unspecified atom stereocenters. The lowest BCUT2D eigenvalue weighted by atomic mass is 10.1. The van der Waals surface area contributed by atoms with Crippen LogP contribution in [0, 0.1) is 0 Å². The molecule has 0 aromatic heterocycles. The third-order valence-electron chi connectivity index (χ3n) is 4.42. The van der Waals surface area contributed by atoms with Crippen LogP contribution in [0.25, 0.3) is 0 Å². The minimum Gasteiger partial charge on any atom is -0.285 e. The van der Waals surface area contributed by atoms with Gasteiger partial charge in [-0.2, -0.15) is 18.3 Å². The monoisotopic (exact) mass is 404 g/mol. The second-order valence-corrected chi connectivity index (χ2v) is 7.00. The number of aliphatic imine (C=N–C) groups is 2. The largest absolute Gasteiger partial charge is 0.389 e. The van der Waals surface area contributed by atoms with Gasteiger partial charge < -0.3 is 0 Å². The Morgan fingerprint density at radius 1 is 1.34 bits per heavy atom. The second-order valence-electron chi connectivity index (χ2n) is 7.00. The highest BCUT2D eigenvalue weighted by molar-refractivity contribution is 6.11. The van der Waals surface area contributed by atoms with E-state index < -0.39 is 12.6 Å². The number of hydrazone groups is 1. The topological polar surface area (TPSA) is 40.3 Å². The minimum absolute atomic E-state index is 0.135. The van der Waals surface area contributed by atoms with Crippen molar-refractivity contribution in [3.63, 3.8) is 0 Å². The van der Waals surface area contributed by atoms with Gasteiger partial charge in [-0.05, 0) is 43.6 Å². The van der Waals surface area contributed by atoms with E-state index in [1.54, 1.807) is 24.1 Å². The summed E-state index contributed by atoms with van der Waals surface area (Å²) in [4.78, 5) is 8.68. The molecule has 7 heteroatoms. The van der Waals surface area contributed by atoms with Gasteiger partial charge in [0.05, 0.1) is 24.5 Å². The standard InChI is InChI=1S/C22H27F3N4/c1-5-7-20-12-18(13-27-20)15-29-17(4)8-9-21(28-29)19(6-2)14-26-16(3)10-11-22(23,24)25/h6,8-9,12,14H,2,4-5,7,10-11,13,15H2,1,3H3/b19-14+,26-16+. The molecule has 0 aliphatic carbocycles. The molecule has 0 atom stereocenters. The first-order chi connectivity index (χ1) is 13.7. The lowest BCUT2D eigenvalue weighted by Gasteiger charge is -2.24. The van der Waals surface area contributed by atoms with Crippen molar-refractivity contribution in [2.45, 2.75) is 45.7 Å². The number of rotatable bonds is 9. The van der Waals surface area contributed by atoms with Gasteiger partial charge in [-0.1, -0.05) is 32.6 Å². The van der Waals surface area contributed by atoms with E-state index in [0.29, 0.717) is 30.1 Å². The number of alkyl halides is 3. The van der Waals surface area contributed by atoms with Crippen molar-refractivity contribution in [2.24, 2.45) is 15.1 Å². The fourth-order valence-corrected chi connectivity index (χ4v) is 2.80. The molecule has 2 heterocycles. The average molecular weight is 404 g/mol. The van der Waals surface area contributed by atoms with Crippen molar-refractivity contribution < 1.29 is 13.2 Å². The molecule has 156 valence electrons. The Morgan fingerprint density at radius 2 is 2.10 bits per heavy atom. The van der Waals surface area contributed by atoms with Crippen molar-refractivity contribution >= 4 is 17.1 Å². The molecule has 4 nitrogen and oxygen atoms in total. The van der Waals surface area contributed by atoms with Gasteiger partial charge in [-0.3, -0.25) is 15.0 Å². The fraction of sp³-hybridized carbons (Fsp3) is 0.409. The summed E-state index contributed by atoms with van der Waals surface area (Å²) in [5.41, 5.74) is 4.70. The molecular formula is C22H27F3N4. The van der Waals surface area contributed by atoms with E-state index in [1.807, 2.05) is 6.08 Å². The minimum atomic E-state index is -4.19. The molecular weight excluding hydrogens is 377 g/mol. The van der Waals surface area contributed by atoms with E-state index in [2.05, 4.69) is 41.2 Å². The summed E-state index contributed by atoms with van der Waals surface area (Å²) in [6, 6.07) is 0. The van der Waals surface area contributed by atoms with Crippen LogP contribution >= 0.6 is 0 Å². The molecule has 0 aromatic carbocycles. The molecule has 0 spiro atoms. The van der Waals surface area contributed by atoms with Gasteiger partial charge in [0.15, 0.2) is 0 Å². The van der Waals surface area contributed by atoms with Gasteiger partial charge in [-0.25, -0.2) is 0 Å². The van der Waals surface area contributed by atoms with Crippen LogP contribution < -0.4 is 0 Å². The van der Waals surface area contributed by atoms with Crippen LogP contribution in [-0.4, -0.2) is 41.4 Å². The zero-order valence-electron chi connectivity index (χ0n) is 17.0. The average Bonchev–Trinajstić information content (AvgIpc) is 3.09. The summed E-state index contributed by atoms with van der Waals surface area (Å²) in [5.74, 6) is 0. The van der Waals surface area contributed by atoms with Crippen LogP contribution in [0.1, 0.15) is 39.5 Å². The predicted octanol–water partition coefficient (Wildman–Crippen LogP) is 5.78. The van der Waals surface area contributed by atoms with Crippen LogP contribution in [0.2, 0.25) is 0 Å². The lowest BCUT2D eigenvalue weighted by Crippen LogP contribution is -2.23. The number of hydrogen-bond donors (Lipinski definition) is 0. The molecule has 2 aliphatic heterocycles. The number of hydrogen-bond acceptors (Lipinski definition) is 4. The van der Waals surface area contributed by atoms with Gasteiger partial charge in [-0.15, -0.1) is 0 Å². The third-order valence-corrected chi connectivity index (χ3v) is 4.42. The molecule has 2 aliphatic rings. The van der Waals surface area contributed by atoms with Crippen molar-refractivity contribution in [3.8, 4) is 0 Å². The Kier molecular flexibility index (Phi) is 7.93. The van der Waals surface area contributed by atoms with Gasteiger partial charge in [0, 0.05) is 29.6 Å². The molecule has 0 fully saturated rings. The smallest absolute Gasteiger partial charge is 0.285 e. The Labute approximate surface area is 170 Å². The normalized spacial score (nSPS) is 18.0. The summed E-state index contributed by atoms with van der Waals surface area (Å²) in [7, 11) is 0. The van der Waals surface area contributed by atoms with Gasteiger partial charge in [0.2, 0.25) is 0 Å². The molecule has 0 radical (unpaired) electrons. The summed E-state index contributed by atoms with van der Waals surface area (Å²) < 4.78 is 37.0. The number of halogens is 3. The molecule has 0 bridgehead atoms. The predicted molar refractivity (Wildman–Crippen MR) is 114 cm³/mol. The molecule has 0 amide bonds. The summed E-state index contributed by atoms with van der Waals surface area (Å²) in [6.45, 7) is 12.8. The Bertz CT molecular complexity index is 823. The van der Waals surface area contributed by atoms with E-state index in [-0.39, 0.29) is 6.42 Å². The number of allylic oxidation sites excluding steroid dienone is 5. The summed E-state index contributed by atoms with van der Waals surface area (Å²) in [5, 5.41) is 6.41. The van der Waals surface area contributed by atoms with E-state index >= 15 is 0 Å². The van der Waals surface area contributed by atoms with Crippen LogP contribution in [0.15, 0.2) is 75.6 Å². The second kappa shape index (κ2) is 10.2. The van der Waals surface area contributed by atoms with E-state index in [1.165, 1.54) is 6.20 Å². The maximum absolute atomic E-state index is 12.3. The van der Waals surface area contributed by atoms with Crippen molar-refractivity contribution in [3.05, 3.63) is 60.5 Å². The van der Waals surface area contributed by atoms with Crippen LogP contribution in [0.4, 0.5) is 13.2 Å². The first kappa shape index (κ1) is 22.6. The fourth-order valence-electron chi connectivity index (χ4n) is 2.80. The van der Waals surface area contributed by atoms with Crippen molar-refractivity contribution in [2.75, 3.05) is 13.1 Å². The number of nitrogens with zero attached hydrogens (tertiary/aromatic N) is 4. The third kappa shape index (κ3) is 7.33. The van der Waals surface area contributed by atoms with E-state index in [4.69, 9.17) is 0 Å². The zero-order valence-corrected chi connectivity index (χ0v) is 17.0. The van der Waals surface area contributed by atoms with Crippen molar-refractivity contribution in [1.82, 2.24) is 5.01 Å². The van der Waals surface area contributed by atoms with Crippen LogP contribution in [-0.2, 0) is 0 Å². The molecule has 2 rings (SSSR count). The van der Waals surface area contributed by atoms with Crippen LogP contribution in [0.5, 0.6) is 0 Å². The highest BCUT2D eigenvalue weighted by Crippen LogP contribution is 2.22. The van der Waals surface area contributed by atoms with Gasteiger partial charge in [0.1, 0.15) is 0 Å². The first-order valence-corrected chi connectivity index (χ1v) is 9.60. The Balaban J connectivity index is 2.09. The Morgan fingerprint density at radius 3 is 2.76 bits per heavy atom. The quantitative estimate of drug-likeness (QED) is 0.355. The molecule has 0 saturated heterocycles. The van der Waals surface area contributed by atoms with Crippen molar-refractivity contribution in [1.29, 1.82) is 0 Å². The highest BCUT2D eigenvalue weighted by atomic mass is 19.4. The summed E-state index contributed by atoms with van der Waals surface area (Å²) >= 11 is 0. The highest BCUT2D eigenvalue weighted by Gasteiger charge is 2.26. The van der Waals surface area contributed by atoms with E-state index in [0.717, 1.165) is 29.8 Å². The van der Waals surface area contributed by atoms with Gasteiger partial charge in [0.25, 0.3) is 0 Å². The van der Waals surface area contributed by atoms with Crippen LogP contribution in [0.3, 0.4) is 0 Å². The maximum Gasteiger partial charge on any atom is 0.389 e. The maximum atomic E-state index is 12.3. The van der Waals surface area contributed by atoms with Gasteiger partial charge >= 0.3 is 6.18 Å². The molecule has 0 aromatic rings. The first-order valence-electron chi connectivity index (χ1n) is 9.60. The molecule has 29 heavy (non-hydrogen) atoms. The molecule has 0 saturated carbocycles.